The minimum atomic E-state index is -3.95. The average Bonchev–Trinajstić information content (AvgIpc) is 2.32. The molecule has 1 atom stereocenters. The first-order valence-electron chi connectivity index (χ1n) is 5.17. The number of methoxy groups -OCH3 is 1. The number of carbonyl (C=O) groups excluding carboxylic acids is 1. The molecule has 0 spiro atoms. The van der Waals surface area contributed by atoms with Gasteiger partial charge in [0.1, 0.15) is 5.75 Å². The summed E-state index contributed by atoms with van der Waals surface area (Å²) in [6, 6.07) is 4.64. The van der Waals surface area contributed by atoms with E-state index in [0.717, 1.165) is 7.11 Å². The van der Waals surface area contributed by atoms with Gasteiger partial charge in [-0.15, -0.1) is 0 Å². The van der Waals surface area contributed by atoms with E-state index in [1.807, 2.05) is 0 Å². The number of carbonyl (C=O) groups is 1. The van der Waals surface area contributed by atoms with Crippen molar-refractivity contribution in [3.05, 3.63) is 23.8 Å². The second-order valence-corrected chi connectivity index (χ2v) is 5.78. The molecule has 0 aliphatic heterocycles. The molecule has 0 radical (unpaired) electrons. The number of aromatic hydroxyl groups is 1. The van der Waals surface area contributed by atoms with Crippen LogP contribution < -0.4 is 4.72 Å². The maximum absolute atomic E-state index is 11.8. The van der Waals surface area contributed by atoms with Crippen molar-refractivity contribution < 1.29 is 23.1 Å². The summed E-state index contributed by atoms with van der Waals surface area (Å²) in [4.78, 5) is 11.2. The fraction of sp³-hybridized carbons (Fsp3) is 0.364. The average molecular weight is 273 g/mol. The first-order chi connectivity index (χ1) is 8.29. The molecule has 7 heteroatoms. The van der Waals surface area contributed by atoms with E-state index in [1.165, 1.54) is 13.0 Å². The molecular formula is C11H15NO5S. The number of ether oxygens (including phenoxy) is 1. The maximum Gasteiger partial charge on any atom is 0.325 e. The van der Waals surface area contributed by atoms with E-state index in [-0.39, 0.29) is 11.4 Å². The monoisotopic (exact) mass is 273 g/mol. The smallest absolute Gasteiger partial charge is 0.325 e. The number of benzene rings is 1. The van der Waals surface area contributed by atoms with Crippen LogP contribution >= 0.6 is 0 Å². The van der Waals surface area contributed by atoms with Crippen molar-refractivity contribution in [1.29, 1.82) is 0 Å². The van der Waals surface area contributed by atoms with Crippen LogP contribution in [0.4, 0.5) is 5.69 Å². The van der Waals surface area contributed by atoms with Crippen molar-refractivity contribution in [2.45, 2.75) is 19.1 Å². The lowest BCUT2D eigenvalue weighted by atomic mass is 10.2. The van der Waals surface area contributed by atoms with Gasteiger partial charge in [-0.1, -0.05) is 12.1 Å². The van der Waals surface area contributed by atoms with Crippen LogP contribution in [0.25, 0.3) is 0 Å². The Morgan fingerprint density at radius 3 is 2.61 bits per heavy atom. The van der Waals surface area contributed by atoms with Gasteiger partial charge in [0.25, 0.3) is 0 Å². The molecule has 18 heavy (non-hydrogen) atoms. The van der Waals surface area contributed by atoms with Gasteiger partial charge in [-0.05, 0) is 25.5 Å². The molecular weight excluding hydrogens is 258 g/mol. The van der Waals surface area contributed by atoms with Crippen LogP contribution in [0.5, 0.6) is 5.75 Å². The molecule has 1 aromatic rings. The molecule has 0 bridgehead atoms. The zero-order chi connectivity index (χ0) is 13.9. The third kappa shape index (κ3) is 2.92. The topological polar surface area (TPSA) is 92.7 Å². The minimum Gasteiger partial charge on any atom is -0.505 e. The second kappa shape index (κ2) is 5.26. The molecule has 0 aliphatic carbocycles. The molecule has 0 aliphatic rings. The normalized spacial score (nSPS) is 12.8. The van der Waals surface area contributed by atoms with Crippen molar-refractivity contribution in [3.8, 4) is 5.75 Å². The zero-order valence-corrected chi connectivity index (χ0v) is 11.1. The number of hydrogen-bond donors (Lipinski definition) is 2. The fourth-order valence-corrected chi connectivity index (χ4v) is 2.27. The molecule has 0 amide bonds. The Bertz CT molecular complexity index is 553. The summed E-state index contributed by atoms with van der Waals surface area (Å²) in [7, 11) is -2.84. The summed E-state index contributed by atoms with van der Waals surface area (Å²) >= 11 is 0. The quantitative estimate of drug-likeness (QED) is 0.630. The summed E-state index contributed by atoms with van der Waals surface area (Å²) in [6.45, 7) is 2.85. The van der Waals surface area contributed by atoms with Gasteiger partial charge in [0.15, 0.2) is 5.25 Å². The highest BCUT2D eigenvalue weighted by Crippen LogP contribution is 2.28. The summed E-state index contributed by atoms with van der Waals surface area (Å²) < 4.78 is 30.2. The highest BCUT2D eigenvalue weighted by molar-refractivity contribution is 7.94. The minimum absolute atomic E-state index is 0.0331. The van der Waals surface area contributed by atoms with Gasteiger partial charge < -0.3 is 9.84 Å². The highest BCUT2D eigenvalue weighted by atomic mass is 32.2. The van der Waals surface area contributed by atoms with Gasteiger partial charge in [-0.3, -0.25) is 9.52 Å². The number of anilines is 1. The molecule has 1 rings (SSSR count). The number of sulfonamides is 1. The number of para-hydroxylation sites is 1. The van der Waals surface area contributed by atoms with Crippen LogP contribution in [0.3, 0.4) is 0 Å². The zero-order valence-electron chi connectivity index (χ0n) is 10.3. The molecule has 1 unspecified atom stereocenters. The standard InChI is InChI=1S/C11H15NO5S/c1-7-5-4-6-9(10(7)13)12-18(15,16)8(2)11(14)17-3/h4-6,8,12-13H,1-3H3. The lowest BCUT2D eigenvalue weighted by Crippen LogP contribution is -2.33. The predicted molar refractivity (Wildman–Crippen MR) is 66.9 cm³/mol. The molecule has 0 heterocycles. The molecule has 100 valence electrons. The van der Waals surface area contributed by atoms with Crippen LogP contribution in [-0.4, -0.2) is 31.9 Å². The number of rotatable bonds is 4. The van der Waals surface area contributed by atoms with Crippen LogP contribution in [0.15, 0.2) is 18.2 Å². The molecule has 0 fully saturated rings. The number of nitrogens with one attached hydrogen (secondary N) is 1. The summed E-state index contributed by atoms with van der Waals surface area (Å²) in [6.07, 6.45) is 0. The van der Waals surface area contributed by atoms with E-state index in [4.69, 9.17) is 0 Å². The van der Waals surface area contributed by atoms with Crippen molar-refractivity contribution in [2.24, 2.45) is 0 Å². The van der Waals surface area contributed by atoms with E-state index in [1.54, 1.807) is 19.1 Å². The molecule has 0 saturated heterocycles. The SMILES string of the molecule is COC(=O)C(C)S(=O)(=O)Nc1cccc(C)c1O. The molecule has 6 nitrogen and oxygen atoms in total. The van der Waals surface area contributed by atoms with Gasteiger partial charge in [-0.25, -0.2) is 8.42 Å². The molecule has 2 N–H and O–H groups in total. The number of aryl methyl sites for hydroxylation is 1. The van der Waals surface area contributed by atoms with E-state index in [9.17, 15) is 18.3 Å². The Balaban J connectivity index is 3.03. The lowest BCUT2D eigenvalue weighted by Gasteiger charge is -2.14. The predicted octanol–water partition coefficient (Wildman–Crippen LogP) is 1.00. The van der Waals surface area contributed by atoms with Crippen molar-refractivity contribution in [2.75, 3.05) is 11.8 Å². The third-order valence-electron chi connectivity index (χ3n) is 2.49. The van der Waals surface area contributed by atoms with Crippen molar-refractivity contribution >= 4 is 21.7 Å². The van der Waals surface area contributed by atoms with Gasteiger partial charge in [0, 0.05) is 0 Å². The largest absolute Gasteiger partial charge is 0.505 e. The van der Waals surface area contributed by atoms with Crippen LogP contribution in [-0.2, 0) is 19.6 Å². The van der Waals surface area contributed by atoms with Crippen LogP contribution in [0.1, 0.15) is 12.5 Å². The number of phenolic OH excluding ortho intramolecular Hbond substituents is 1. The maximum atomic E-state index is 11.8. The fourth-order valence-electron chi connectivity index (χ4n) is 1.28. The first-order valence-corrected chi connectivity index (χ1v) is 6.72. The van der Waals surface area contributed by atoms with Gasteiger partial charge in [0.2, 0.25) is 10.0 Å². The summed E-state index contributed by atoms with van der Waals surface area (Å²) in [5, 5.41) is 8.34. The summed E-state index contributed by atoms with van der Waals surface area (Å²) in [5.74, 6) is -1.03. The Kier molecular flexibility index (Phi) is 4.18. The van der Waals surface area contributed by atoms with E-state index in [2.05, 4.69) is 9.46 Å². The van der Waals surface area contributed by atoms with Crippen LogP contribution in [0, 0.1) is 6.92 Å². The Hall–Kier alpha value is -1.76. The lowest BCUT2D eigenvalue weighted by molar-refractivity contribution is -0.139. The molecule has 0 saturated carbocycles. The second-order valence-electron chi connectivity index (χ2n) is 3.78. The summed E-state index contributed by atoms with van der Waals surface area (Å²) in [5.41, 5.74) is 0.562. The van der Waals surface area contributed by atoms with Gasteiger partial charge in [0.05, 0.1) is 12.8 Å². The van der Waals surface area contributed by atoms with E-state index in [0.29, 0.717) is 5.56 Å². The Morgan fingerprint density at radius 2 is 2.06 bits per heavy atom. The first kappa shape index (κ1) is 14.3. The Morgan fingerprint density at radius 1 is 1.44 bits per heavy atom. The van der Waals surface area contributed by atoms with Crippen LogP contribution in [0.2, 0.25) is 0 Å². The van der Waals surface area contributed by atoms with Crippen molar-refractivity contribution in [3.63, 3.8) is 0 Å². The van der Waals surface area contributed by atoms with E-state index < -0.39 is 21.2 Å². The third-order valence-corrected chi connectivity index (χ3v) is 4.12. The number of hydrogen-bond acceptors (Lipinski definition) is 5. The molecule has 0 aromatic heterocycles. The highest BCUT2D eigenvalue weighted by Gasteiger charge is 2.29. The van der Waals surface area contributed by atoms with Gasteiger partial charge in [-0.2, -0.15) is 0 Å². The van der Waals surface area contributed by atoms with E-state index >= 15 is 0 Å². The number of phenols is 1. The Labute approximate surface area is 106 Å². The van der Waals surface area contributed by atoms with Gasteiger partial charge >= 0.3 is 5.97 Å². The number of esters is 1. The molecule has 1 aromatic carbocycles. The van der Waals surface area contributed by atoms with Crippen molar-refractivity contribution in [1.82, 2.24) is 0 Å².